The van der Waals surface area contributed by atoms with Crippen molar-refractivity contribution in [1.29, 1.82) is 0 Å². The second-order valence-corrected chi connectivity index (χ2v) is 9.19. The van der Waals surface area contributed by atoms with Gasteiger partial charge in [-0.1, -0.05) is 6.58 Å². The number of rotatable bonds is 5. The van der Waals surface area contributed by atoms with Gasteiger partial charge in [-0.3, -0.25) is 9.59 Å². The summed E-state index contributed by atoms with van der Waals surface area (Å²) in [6, 6.07) is 3.23. The number of aryl methyl sites for hydroxylation is 2. The molecule has 3 N–H and O–H groups in total. The smallest absolute Gasteiger partial charge is 0.410 e. The lowest BCUT2D eigenvalue weighted by Gasteiger charge is -2.32. The van der Waals surface area contributed by atoms with Crippen LogP contribution in [0.5, 0.6) is 5.75 Å². The number of nitrogen functional groups attached to an aromatic ring is 1. The predicted octanol–water partition coefficient (Wildman–Crippen LogP) is 2.69. The van der Waals surface area contributed by atoms with Gasteiger partial charge in [-0.05, 0) is 56.0 Å². The minimum absolute atomic E-state index is 0.0821. The highest BCUT2D eigenvalue weighted by molar-refractivity contribution is 6.13. The Morgan fingerprint density at radius 1 is 1.22 bits per heavy atom. The van der Waals surface area contributed by atoms with E-state index in [1.807, 2.05) is 0 Å². The molecular weight excluding hydrogens is 476 g/mol. The van der Waals surface area contributed by atoms with Crippen LogP contribution in [0.25, 0.3) is 11.0 Å². The molecule has 0 radical (unpaired) electrons. The number of benzene rings is 1. The number of nitrogens with one attached hydrogen (secondary N) is 1. The summed E-state index contributed by atoms with van der Waals surface area (Å²) in [6.45, 7) is 8.19. The standard InChI is InChI=1S/C25H30N8O4/c1-6-18(34)32-9-7-8-17(12-32)33-23-19(22(26)27-13-28-23)20(30-33)24(35)29-16-10-14(2)21(15(3)11-16)37-25(36)31(4)5/h6,10-11,13,17H,1,7-9,12H2,2-5H3,(H,29,35)(H2,26,27,28). The minimum atomic E-state index is -0.494. The van der Waals surface area contributed by atoms with Crippen LogP contribution in [0, 0.1) is 13.8 Å². The topological polar surface area (TPSA) is 149 Å². The van der Waals surface area contributed by atoms with Crippen molar-refractivity contribution in [2.24, 2.45) is 0 Å². The van der Waals surface area contributed by atoms with Gasteiger partial charge < -0.3 is 25.6 Å². The molecule has 3 amide bonds. The van der Waals surface area contributed by atoms with Gasteiger partial charge in [0.25, 0.3) is 5.91 Å². The van der Waals surface area contributed by atoms with Crippen molar-refractivity contribution < 1.29 is 19.1 Å². The molecule has 1 aromatic carbocycles. The fourth-order valence-electron chi connectivity index (χ4n) is 4.44. The van der Waals surface area contributed by atoms with E-state index in [0.717, 1.165) is 12.8 Å². The second-order valence-electron chi connectivity index (χ2n) is 9.19. The summed E-state index contributed by atoms with van der Waals surface area (Å²) in [4.78, 5) is 49.0. The zero-order chi connectivity index (χ0) is 26.9. The minimum Gasteiger partial charge on any atom is -0.410 e. The summed E-state index contributed by atoms with van der Waals surface area (Å²) >= 11 is 0. The molecule has 1 unspecified atom stereocenters. The third kappa shape index (κ3) is 5.08. The van der Waals surface area contributed by atoms with Gasteiger partial charge in [-0.2, -0.15) is 5.10 Å². The molecule has 1 saturated heterocycles. The van der Waals surface area contributed by atoms with Crippen molar-refractivity contribution in [2.45, 2.75) is 32.7 Å². The van der Waals surface area contributed by atoms with Gasteiger partial charge in [0.1, 0.15) is 17.9 Å². The fraction of sp³-hybridized carbons (Fsp3) is 0.360. The maximum atomic E-state index is 13.4. The number of likely N-dealkylation sites (tertiary alicyclic amines) is 1. The highest BCUT2D eigenvalue weighted by Gasteiger charge is 2.29. The number of ether oxygens (including phenoxy) is 1. The molecule has 3 heterocycles. The molecule has 194 valence electrons. The van der Waals surface area contributed by atoms with Crippen LogP contribution in [0.4, 0.5) is 16.3 Å². The van der Waals surface area contributed by atoms with E-state index < -0.39 is 12.0 Å². The average Bonchev–Trinajstić information content (AvgIpc) is 3.27. The van der Waals surface area contributed by atoms with Crippen LogP contribution in [-0.2, 0) is 4.79 Å². The van der Waals surface area contributed by atoms with Crippen molar-refractivity contribution >= 4 is 40.4 Å². The molecule has 1 aliphatic rings. The van der Waals surface area contributed by atoms with Gasteiger partial charge >= 0.3 is 6.09 Å². The molecule has 0 spiro atoms. The summed E-state index contributed by atoms with van der Waals surface area (Å²) < 4.78 is 7.11. The Bertz CT molecular complexity index is 1370. The Hall–Kier alpha value is -4.48. The quantitative estimate of drug-likeness (QED) is 0.502. The van der Waals surface area contributed by atoms with Crippen LogP contribution in [0.2, 0.25) is 0 Å². The number of anilines is 2. The summed E-state index contributed by atoms with van der Waals surface area (Å²) in [7, 11) is 3.20. The molecule has 0 aliphatic carbocycles. The van der Waals surface area contributed by atoms with E-state index >= 15 is 0 Å². The average molecular weight is 507 g/mol. The lowest BCUT2D eigenvalue weighted by atomic mass is 10.1. The van der Waals surface area contributed by atoms with Crippen molar-refractivity contribution in [3.8, 4) is 5.75 Å². The first-order chi connectivity index (χ1) is 17.6. The molecule has 4 rings (SSSR count). The summed E-state index contributed by atoms with van der Waals surface area (Å²) in [6.07, 6.45) is 3.66. The van der Waals surface area contributed by atoms with Crippen LogP contribution in [0.15, 0.2) is 31.1 Å². The molecule has 2 aromatic heterocycles. The zero-order valence-corrected chi connectivity index (χ0v) is 21.3. The number of amides is 3. The Morgan fingerprint density at radius 2 is 1.92 bits per heavy atom. The van der Waals surface area contributed by atoms with Crippen LogP contribution >= 0.6 is 0 Å². The number of piperidine rings is 1. The molecule has 0 bridgehead atoms. The van der Waals surface area contributed by atoms with Crippen molar-refractivity contribution in [2.75, 3.05) is 38.2 Å². The number of fused-ring (bicyclic) bond motifs is 1. The number of hydrogen-bond acceptors (Lipinski definition) is 8. The Balaban J connectivity index is 1.65. The summed E-state index contributed by atoms with van der Waals surface area (Å²) in [5.41, 5.74) is 8.52. The largest absolute Gasteiger partial charge is 0.414 e. The van der Waals surface area contributed by atoms with Gasteiger partial charge in [-0.25, -0.2) is 19.4 Å². The van der Waals surface area contributed by atoms with Gasteiger partial charge in [0.2, 0.25) is 5.91 Å². The molecule has 1 atom stereocenters. The molecule has 37 heavy (non-hydrogen) atoms. The first kappa shape index (κ1) is 25.6. The number of nitrogens with two attached hydrogens (primary N) is 1. The second kappa shape index (κ2) is 10.2. The highest BCUT2D eigenvalue weighted by atomic mass is 16.6. The molecule has 12 heteroatoms. The van der Waals surface area contributed by atoms with E-state index in [0.29, 0.717) is 46.7 Å². The number of nitrogens with zero attached hydrogens (tertiary/aromatic N) is 6. The van der Waals surface area contributed by atoms with Crippen LogP contribution < -0.4 is 15.8 Å². The predicted molar refractivity (Wildman–Crippen MR) is 138 cm³/mol. The Kier molecular flexibility index (Phi) is 7.09. The Morgan fingerprint density at radius 3 is 2.57 bits per heavy atom. The maximum absolute atomic E-state index is 13.4. The molecule has 1 fully saturated rings. The van der Waals surface area contributed by atoms with E-state index in [-0.39, 0.29) is 23.5 Å². The van der Waals surface area contributed by atoms with E-state index in [1.165, 1.54) is 17.3 Å². The SMILES string of the molecule is C=CC(=O)N1CCCC(n2nc(C(=O)Nc3cc(C)c(OC(=O)N(C)C)c(C)c3)c3c(N)ncnc32)C1. The number of aromatic nitrogens is 4. The molecule has 0 saturated carbocycles. The van der Waals surface area contributed by atoms with E-state index in [4.69, 9.17) is 10.5 Å². The molecule has 1 aliphatic heterocycles. The number of hydrogen-bond donors (Lipinski definition) is 2. The first-order valence-corrected chi connectivity index (χ1v) is 11.8. The third-order valence-corrected chi connectivity index (χ3v) is 6.23. The highest BCUT2D eigenvalue weighted by Crippen LogP contribution is 2.31. The van der Waals surface area contributed by atoms with Crippen molar-refractivity contribution in [3.63, 3.8) is 0 Å². The van der Waals surface area contributed by atoms with Gasteiger partial charge in [0, 0.05) is 32.9 Å². The zero-order valence-electron chi connectivity index (χ0n) is 21.3. The summed E-state index contributed by atoms with van der Waals surface area (Å²) in [5.74, 6) is -0.0785. The van der Waals surface area contributed by atoms with Gasteiger partial charge in [0.15, 0.2) is 11.3 Å². The van der Waals surface area contributed by atoms with Crippen LogP contribution in [0.3, 0.4) is 0 Å². The molecule has 12 nitrogen and oxygen atoms in total. The normalized spacial score (nSPS) is 15.4. The monoisotopic (exact) mass is 506 g/mol. The molecular formula is C25H30N8O4. The van der Waals surface area contributed by atoms with E-state index in [9.17, 15) is 14.4 Å². The van der Waals surface area contributed by atoms with Crippen molar-refractivity contribution in [3.05, 3.63) is 47.9 Å². The van der Waals surface area contributed by atoms with E-state index in [1.54, 1.807) is 49.7 Å². The first-order valence-electron chi connectivity index (χ1n) is 11.8. The fourth-order valence-corrected chi connectivity index (χ4v) is 4.44. The Labute approximate surface area is 214 Å². The van der Waals surface area contributed by atoms with Crippen LogP contribution in [0.1, 0.15) is 40.5 Å². The molecule has 3 aromatic rings. The maximum Gasteiger partial charge on any atom is 0.414 e. The summed E-state index contributed by atoms with van der Waals surface area (Å²) in [5, 5.41) is 7.80. The number of carbonyl (C=O) groups is 3. The van der Waals surface area contributed by atoms with Crippen LogP contribution in [-0.4, -0.2) is 74.6 Å². The number of carbonyl (C=O) groups excluding carboxylic acids is 3. The lowest BCUT2D eigenvalue weighted by Crippen LogP contribution is -2.40. The third-order valence-electron chi connectivity index (χ3n) is 6.23. The van der Waals surface area contributed by atoms with Gasteiger partial charge in [-0.15, -0.1) is 0 Å². The van der Waals surface area contributed by atoms with E-state index in [2.05, 4.69) is 27.0 Å². The lowest BCUT2D eigenvalue weighted by molar-refractivity contribution is -0.127. The van der Waals surface area contributed by atoms with Crippen molar-refractivity contribution in [1.82, 2.24) is 29.5 Å². The van der Waals surface area contributed by atoms with Gasteiger partial charge in [0.05, 0.1) is 11.4 Å².